The number of hydrogen-bond acceptors (Lipinski definition) is 3. The average Bonchev–Trinajstić information content (AvgIpc) is 2.54. The first-order valence-corrected chi connectivity index (χ1v) is 8.57. The standard InChI is InChI=1S/C17H29NO4/c1-22-13-17(16(20)21)10-5-11-18(12-17)15(19)9-8-14-6-3-2-4-7-14/h14H,2-13H2,1H3,(H,20,21). The minimum absolute atomic E-state index is 0.118. The lowest BCUT2D eigenvalue weighted by Crippen LogP contribution is -2.52. The normalized spacial score (nSPS) is 26.9. The van der Waals surface area contributed by atoms with Crippen LogP contribution in [-0.4, -0.2) is 48.7 Å². The fourth-order valence-corrected chi connectivity index (χ4v) is 3.94. The van der Waals surface area contributed by atoms with Crippen molar-refractivity contribution in [3.8, 4) is 0 Å². The molecule has 1 unspecified atom stereocenters. The Morgan fingerprint density at radius 2 is 1.95 bits per heavy atom. The second-order valence-electron chi connectivity index (χ2n) is 6.98. The molecule has 0 radical (unpaired) electrons. The van der Waals surface area contributed by atoms with Crippen molar-refractivity contribution in [3.63, 3.8) is 0 Å². The molecule has 2 aliphatic rings. The largest absolute Gasteiger partial charge is 0.481 e. The van der Waals surface area contributed by atoms with E-state index < -0.39 is 11.4 Å². The minimum Gasteiger partial charge on any atom is -0.481 e. The predicted octanol–water partition coefficient (Wildman–Crippen LogP) is 2.69. The summed E-state index contributed by atoms with van der Waals surface area (Å²) in [5.74, 6) is -0.0446. The van der Waals surface area contributed by atoms with Gasteiger partial charge in [0.25, 0.3) is 0 Å². The third-order valence-corrected chi connectivity index (χ3v) is 5.30. The van der Waals surface area contributed by atoms with Gasteiger partial charge in [0.05, 0.1) is 6.61 Å². The van der Waals surface area contributed by atoms with Gasteiger partial charge < -0.3 is 14.7 Å². The van der Waals surface area contributed by atoms with Crippen molar-refractivity contribution >= 4 is 11.9 Å². The van der Waals surface area contributed by atoms with Gasteiger partial charge >= 0.3 is 5.97 Å². The summed E-state index contributed by atoms with van der Waals surface area (Å²) in [4.78, 5) is 25.8. The molecular formula is C17H29NO4. The molecule has 1 N–H and O–H groups in total. The Balaban J connectivity index is 1.87. The molecule has 1 amide bonds. The SMILES string of the molecule is COCC1(C(=O)O)CCCN(C(=O)CCC2CCCCC2)C1. The lowest BCUT2D eigenvalue weighted by Gasteiger charge is -2.39. The zero-order chi connectivity index (χ0) is 16.0. The van der Waals surface area contributed by atoms with Gasteiger partial charge in [-0.2, -0.15) is 0 Å². The fraction of sp³-hybridized carbons (Fsp3) is 0.882. The minimum atomic E-state index is -0.923. The first-order chi connectivity index (χ1) is 10.6. The number of rotatable bonds is 6. The highest BCUT2D eigenvalue weighted by Crippen LogP contribution is 2.32. The van der Waals surface area contributed by atoms with Gasteiger partial charge in [0.1, 0.15) is 5.41 Å². The number of likely N-dealkylation sites (tertiary alicyclic amines) is 1. The molecule has 126 valence electrons. The van der Waals surface area contributed by atoms with E-state index in [1.165, 1.54) is 39.2 Å². The summed E-state index contributed by atoms with van der Waals surface area (Å²) >= 11 is 0. The monoisotopic (exact) mass is 311 g/mol. The Hall–Kier alpha value is -1.10. The number of ether oxygens (including phenoxy) is 1. The molecular weight excluding hydrogens is 282 g/mol. The van der Waals surface area contributed by atoms with Gasteiger partial charge in [-0.15, -0.1) is 0 Å². The van der Waals surface area contributed by atoms with Crippen LogP contribution in [0.3, 0.4) is 0 Å². The van der Waals surface area contributed by atoms with Gasteiger partial charge in [0, 0.05) is 26.6 Å². The second-order valence-corrected chi connectivity index (χ2v) is 6.98. The number of carboxylic acid groups (broad SMARTS) is 1. The van der Waals surface area contributed by atoms with E-state index in [0.29, 0.717) is 31.8 Å². The highest BCUT2D eigenvalue weighted by atomic mass is 16.5. The Labute approximate surface area is 133 Å². The van der Waals surface area contributed by atoms with Gasteiger partial charge in [0.15, 0.2) is 0 Å². The highest BCUT2D eigenvalue weighted by Gasteiger charge is 2.43. The Morgan fingerprint density at radius 1 is 1.23 bits per heavy atom. The quantitative estimate of drug-likeness (QED) is 0.819. The molecule has 5 heteroatoms. The molecule has 22 heavy (non-hydrogen) atoms. The number of carboxylic acids is 1. The highest BCUT2D eigenvalue weighted by molar-refractivity contribution is 5.79. The molecule has 0 aromatic rings. The predicted molar refractivity (Wildman–Crippen MR) is 83.6 cm³/mol. The van der Waals surface area contributed by atoms with E-state index in [1.54, 1.807) is 4.90 Å². The van der Waals surface area contributed by atoms with E-state index in [0.717, 1.165) is 12.8 Å². The number of aliphatic carboxylic acids is 1. The van der Waals surface area contributed by atoms with E-state index in [4.69, 9.17) is 4.74 Å². The maximum absolute atomic E-state index is 12.4. The summed E-state index contributed by atoms with van der Waals surface area (Å²) in [6, 6.07) is 0. The van der Waals surface area contributed by atoms with Gasteiger partial charge in [-0.3, -0.25) is 9.59 Å². The van der Waals surface area contributed by atoms with Crippen LogP contribution >= 0.6 is 0 Å². The smallest absolute Gasteiger partial charge is 0.313 e. The number of carbonyl (C=O) groups excluding carboxylic acids is 1. The van der Waals surface area contributed by atoms with Crippen LogP contribution in [0, 0.1) is 11.3 Å². The van der Waals surface area contributed by atoms with Crippen molar-refractivity contribution < 1.29 is 19.4 Å². The molecule has 1 aliphatic carbocycles. The van der Waals surface area contributed by atoms with Crippen LogP contribution in [0.4, 0.5) is 0 Å². The summed E-state index contributed by atoms with van der Waals surface area (Å²) in [7, 11) is 1.52. The third-order valence-electron chi connectivity index (χ3n) is 5.30. The van der Waals surface area contributed by atoms with E-state index in [9.17, 15) is 14.7 Å². The summed E-state index contributed by atoms with van der Waals surface area (Å²) in [6.07, 6.45) is 9.25. The summed E-state index contributed by atoms with van der Waals surface area (Å²) < 4.78 is 5.11. The van der Waals surface area contributed by atoms with Crippen LogP contribution < -0.4 is 0 Å². The Kier molecular flexibility index (Phi) is 6.24. The van der Waals surface area contributed by atoms with Gasteiger partial charge in [-0.25, -0.2) is 0 Å². The summed E-state index contributed by atoms with van der Waals surface area (Å²) in [5.41, 5.74) is -0.923. The topological polar surface area (TPSA) is 66.8 Å². The third kappa shape index (κ3) is 4.22. The maximum Gasteiger partial charge on any atom is 0.313 e. The second kappa shape index (κ2) is 7.95. The van der Waals surface area contributed by atoms with E-state index >= 15 is 0 Å². The lowest BCUT2D eigenvalue weighted by molar-refractivity contribution is -0.159. The van der Waals surface area contributed by atoms with Crippen LogP contribution in [0.1, 0.15) is 57.8 Å². The molecule has 1 saturated carbocycles. The number of carbonyl (C=O) groups is 2. The Bertz CT molecular complexity index is 388. The van der Waals surface area contributed by atoms with Crippen molar-refractivity contribution in [3.05, 3.63) is 0 Å². The zero-order valence-corrected chi connectivity index (χ0v) is 13.7. The fourth-order valence-electron chi connectivity index (χ4n) is 3.94. The molecule has 5 nitrogen and oxygen atoms in total. The van der Waals surface area contributed by atoms with Crippen LogP contribution in [0.25, 0.3) is 0 Å². The number of nitrogens with zero attached hydrogens (tertiary/aromatic N) is 1. The van der Waals surface area contributed by atoms with Crippen LogP contribution in [-0.2, 0) is 14.3 Å². The molecule has 1 atom stereocenters. The van der Waals surface area contributed by atoms with Crippen LogP contribution in [0.5, 0.6) is 0 Å². The first-order valence-electron chi connectivity index (χ1n) is 8.57. The molecule has 1 saturated heterocycles. The molecule has 1 heterocycles. The van der Waals surface area contributed by atoms with Crippen LogP contribution in [0.2, 0.25) is 0 Å². The van der Waals surface area contributed by atoms with Crippen molar-refractivity contribution in [1.29, 1.82) is 0 Å². The van der Waals surface area contributed by atoms with Crippen molar-refractivity contribution in [1.82, 2.24) is 4.90 Å². The van der Waals surface area contributed by atoms with E-state index in [-0.39, 0.29) is 12.5 Å². The van der Waals surface area contributed by atoms with Crippen molar-refractivity contribution in [2.45, 2.75) is 57.8 Å². The number of piperidine rings is 1. The average molecular weight is 311 g/mol. The van der Waals surface area contributed by atoms with E-state index in [1.807, 2.05) is 0 Å². The first kappa shape index (κ1) is 17.3. The summed E-state index contributed by atoms with van der Waals surface area (Å²) in [6.45, 7) is 1.15. The maximum atomic E-state index is 12.4. The zero-order valence-electron chi connectivity index (χ0n) is 13.7. The molecule has 0 aromatic carbocycles. The molecule has 1 aliphatic heterocycles. The van der Waals surface area contributed by atoms with Crippen molar-refractivity contribution in [2.75, 3.05) is 26.8 Å². The Morgan fingerprint density at radius 3 is 2.59 bits per heavy atom. The number of hydrogen-bond donors (Lipinski definition) is 1. The summed E-state index contributed by atoms with van der Waals surface area (Å²) in [5, 5.41) is 9.54. The molecule has 0 aromatic heterocycles. The lowest BCUT2D eigenvalue weighted by atomic mass is 9.80. The van der Waals surface area contributed by atoms with Gasteiger partial charge in [0.2, 0.25) is 5.91 Å². The van der Waals surface area contributed by atoms with Crippen LogP contribution in [0.15, 0.2) is 0 Å². The molecule has 0 bridgehead atoms. The molecule has 0 spiro atoms. The van der Waals surface area contributed by atoms with E-state index in [2.05, 4.69) is 0 Å². The molecule has 2 rings (SSSR count). The number of methoxy groups -OCH3 is 1. The number of amides is 1. The van der Waals surface area contributed by atoms with Crippen molar-refractivity contribution in [2.24, 2.45) is 11.3 Å². The van der Waals surface area contributed by atoms with Gasteiger partial charge in [-0.1, -0.05) is 32.1 Å². The van der Waals surface area contributed by atoms with Gasteiger partial charge in [-0.05, 0) is 25.2 Å². The molecule has 2 fully saturated rings.